The van der Waals surface area contributed by atoms with Crippen LogP contribution in [-0.4, -0.2) is 82.8 Å². The molecule has 258 valence electrons. The number of nitrogens with one attached hydrogen (secondary N) is 2. The van der Waals surface area contributed by atoms with Crippen LogP contribution in [0.1, 0.15) is 44.7 Å². The van der Waals surface area contributed by atoms with Crippen molar-refractivity contribution in [3.05, 3.63) is 59.7 Å². The van der Waals surface area contributed by atoms with E-state index in [0.717, 1.165) is 52.6 Å². The first-order valence-electron chi connectivity index (χ1n) is 16.3. The highest BCUT2D eigenvalue weighted by Crippen LogP contribution is 2.60. The van der Waals surface area contributed by atoms with Gasteiger partial charge < -0.3 is 25.8 Å². The molecule has 12 heteroatoms. The van der Waals surface area contributed by atoms with Gasteiger partial charge >= 0.3 is 0 Å². The van der Waals surface area contributed by atoms with E-state index in [2.05, 4.69) is 30.5 Å². The summed E-state index contributed by atoms with van der Waals surface area (Å²) < 4.78 is 32.2. The van der Waals surface area contributed by atoms with Crippen LogP contribution in [-0.2, 0) is 32.7 Å². The van der Waals surface area contributed by atoms with Crippen molar-refractivity contribution in [1.82, 2.24) is 15.1 Å². The average Bonchev–Trinajstić information content (AvgIpc) is 3.38. The Balaban J connectivity index is 1.46. The molecular formula is C35H51N5O6S. The first-order valence-corrected chi connectivity index (χ1v) is 18.2. The predicted molar refractivity (Wildman–Crippen MR) is 184 cm³/mol. The molecule has 11 nitrogen and oxygen atoms in total. The molecule has 47 heavy (non-hydrogen) atoms. The topological polar surface area (TPSA) is 146 Å². The summed E-state index contributed by atoms with van der Waals surface area (Å²) in [6.07, 6.45) is 1.71. The minimum atomic E-state index is -3.39. The number of nitrogens with two attached hydrogens (primary N) is 1. The van der Waals surface area contributed by atoms with Crippen LogP contribution in [0.4, 0.5) is 5.69 Å². The first-order chi connectivity index (χ1) is 22.0. The number of sulfonamides is 1. The number of rotatable bonds is 12. The lowest BCUT2D eigenvalue weighted by Crippen LogP contribution is -2.59. The molecule has 0 aromatic heterocycles. The molecule has 7 atom stereocenters. The monoisotopic (exact) mass is 669 g/mol. The molecule has 3 saturated carbocycles. The molecule has 1 saturated heterocycles. The van der Waals surface area contributed by atoms with Gasteiger partial charge in [0.1, 0.15) is 11.8 Å². The second kappa shape index (κ2) is 13.5. The zero-order valence-electron chi connectivity index (χ0n) is 28.6. The van der Waals surface area contributed by atoms with E-state index in [1.807, 2.05) is 55.4 Å². The van der Waals surface area contributed by atoms with Gasteiger partial charge in [0.05, 0.1) is 38.2 Å². The van der Waals surface area contributed by atoms with E-state index in [9.17, 15) is 18.3 Å². The third-order valence-electron chi connectivity index (χ3n) is 10.6. The number of para-hydroxylation sites is 1. The van der Waals surface area contributed by atoms with Crippen molar-refractivity contribution in [1.29, 1.82) is 0 Å². The Morgan fingerprint density at radius 3 is 2.55 bits per heavy atom. The number of amides is 1. The highest BCUT2D eigenvalue weighted by molar-refractivity contribution is 7.88. The SMILES string of the molecule is C=C1[C@@H](NC(=O)[C@@H]2[C@@H]([C@H](C)O)[C@H](CN)ON2Cc2cccc(-c3cc(CNS(C)(=O)=O)cc(N(C)C)c3)c2OC)C[C@H]2C[C@@H]1C2(C)C. The maximum absolute atomic E-state index is 14.1. The fourth-order valence-corrected chi connectivity index (χ4v) is 8.23. The Morgan fingerprint density at radius 1 is 1.26 bits per heavy atom. The van der Waals surface area contributed by atoms with E-state index in [4.69, 9.17) is 15.3 Å². The quantitative estimate of drug-likeness (QED) is 0.251. The van der Waals surface area contributed by atoms with E-state index in [1.165, 1.54) is 0 Å². The third-order valence-corrected chi connectivity index (χ3v) is 11.3. The summed E-state index contributed by atoms with van der Waals surface area (Å²) in [5.74, 6) is 0.755. The van der Waals surface area contributed by atoms with Gasteiger partial charge in [-0.05, 0) is 66.3 Å². The fraction of sp³-hybridized carbons (Fsp3) is 0.571. The van der Waals surface area contributed by atoms with Gasteiger partial charge in [-0.3, -0.25) is 9.63 Å². The third kappa shape index (κ3) is 7.09. The Labute approximate surface area is 279 Å². The highest BCUT2D eigenvalue weighted by Gasteiger charge is 2.56. The van der Waals surface area contributed by atoms with Crippen LogP contribution in [0.2, 0.25) is 0 Å². The van der Waals surface area contributed by atoms with Crippen molar-refractivity contribution in [2.24, 2.45) is 28.9 Å². The summed E-state index contributed by atoms with van der Waals surface area (Å²) in [6.45, 7) is 11.1. The lowest BCUT2D eigenvalue weighted by atomic mass is 9.46. The number of nitrogens with zero attached hydrogens (tertiary/aromatic N) is 2. The molecule has 0 radical (unpaired) electrons. The van der Waals surface area contributed by atoms with Crippen LogP contribution in [0.25, 0.3) is 11.1 Å². The number of anilines is 1. The molecular weight excluding hydrogens is 618 g/mol. The van der Waals surface area contributed by atoms with Crippen molar-refractivity contribution in [3.63, 3.8) is 0 Å². The summed E-state index contributed by atoms with van der Waals surface area (Å²) >= 11 is 0. The van der Waals surface area contributed by atoms with Crippen molar-refractivity contribution < 1.29 is 27.9 Å². The molecule has 2 aromatic rings. The Hall–Kier alpha value is -3.00. The molecule has 1 amide bonds. The lowest BCUT2D eigenvalue weighted by molar-refractivity contribution is -0.174. The standard InChI is InChI=1S/C35H51N5O6S/c1-20-28-15-25(35(28,3)4)16-29(20)38-34(42)32-31(21(2)41)30(17-36)46-40(32)19-23-10-9-11-27(33(23)45-7)24-12-22(18-37-47(8,43)44)13-26(14-24)39(5)6/h9-14,21,25,28-32,37,41H,1,15-19,36H2,2-8H3,(H,38,42)/t21-,25+,28-,29-,30-,31-,32-/m0/s1. The number of aliphatic hydroxyl groups is 1. The summed E-state index contributed by atoms with van der Waals surface area (Å²) in [7, 11) is 2.07. The summed E-state index contributed by atoms with van der Waals surface area (Å²) in [6, 6.07) is 10.8. The second-order valence-corrected chi connectivity index (χ2v) is 16.1. The number of carbonyl (C=O) groups is 1. The number of ether oxygens (including phenoxy) is 1. The van der Waals surface area contributed by atoms with Gasteiger partial charge in [0.15, 0.2) is 0 Å². The van der Waals surface area contributed by atoms with Gasteiger partial charge in [0.2, 0.25) is 15.9 Å². The van der Waals surface area contributed by atoms with E-state index < -0.39 is 34.2 Å². The van der Waals surface area contributed by atoms with Crippen LogP contribution < -0.4 is 25.4 Å². The van der Waals surface area contributed by atoms with Gasteiger partial charge in [0, 0.05) is 49.9 Å². The maximum Gasteiger partial charge on any atom is 0.240 e. The Kier molecular flexibility index (Phi) is 10.1. The molecule has 4 fully saturated rings. The van der Waals surface area contributed by atoms with E-state index in [1.54, 1.807) is 19.1 Å². The largest absolute Gasteiger partial charge is 0.496 e. The molecule has 0 unspecified atom stereocenters. The van der Waals surface area contributed by atoms with Gasteiger partial charge in [0.25, 0.3) is 0 Å². The van der Waals surface area contributed by atoms with Crippen molar-refractivity contribution >= 4 is 21.6 Å². The number of methoxy groups -OCH3 is 1. The number of fused-ring (bicyclic) bond motifs is 2. The van der Waals surface area contributed by atoms with E-state index in [-0.39, 0.29) is 37.0 Å². The molecule has 3 aliphatic carbocycles. The summed E-state index contributed by atoms with van der Waals surface area (Å²) in [5.41, 5.74) is 11.5. The fourth-order valence-electron chi connectivity index (χ4n) is 7.80. The van der Waals surface area contributed by atoms with Crippen molar-refractivity contribution in [2.75, 3.05) is 38.9 Å². The van der Waals surface area contributed by atoms with Crippen LogP contribution in [0.15, 0.2) is 48.6 Å². The smallest absolute Gasteiger partial charge is 0.240 e. The highest BCUT2D eigenvalue weighted by atomic mass is 32.2. The van der Waals surface area contributed by atoms with Gasteiger partial charge in [-0.2, -0.15) is 5.06 Å². The van der Waals surface area contributed by atoms with Crippen LogP contribution in [0.3, 0.4) is 0 Å². The Bertz CT molecular complexity index is 1610. The number of aliphatic hydroxyl groups excluding tert-OH is 1. The zero-order valence-corrected chi connectivity index (χ0v) is 29.4. The average molecular weight is 670 g/mol. The molecule has 2 aromatic carbocycles. The van der Waals surface area contributed by atoms with E-state index in [0.29, 0.717) is 17.6 Å². The molecule has 4 aliphatic rings. The number of hydroxylamine groups is 2. The van der Waals surface area contributed by atoms with Gasteiger partial charge in [-0.1, -0.05) is 44.2 Å². The number of hydrogen-bond donors (Lipinski definition) is 4. The number of benzene rings is 2. The van der Waals surface area contributed by atoms with Gasteiger partial charge in [-0.25, -0.2) is 13.1 Å². The maximum atomic E-state index is 14.1. The second-order valence-electron chi connectivity index (χ2n) is 14.3. The predicted octanol–water partition coefficient (Wildman–Crippen LogP) is 3.02. The zero-order chi connectivity index (χ0) is 34.4. The number of hydrogen-bond acceptors (Lipinski definition) is 9. The molecule has 1 aliphatic heterocycles. The van der Waals surface area contributed by atoms with Crippen LogP contribution in [0, 0.1) is 23.2 Å². The van der Waals surface area contributed by atoms with E-state index >= 15 is 0 Å². The molecule has 2 bridgehead atoms. The normalized spacial score (nSPS) is 27.6. The molecule has 1 heterocycles. The Morgan fingerprint density at radius 2 is 1.98 bits per heavy atom. The van der Waals surface area contributed by atoms with Gasteiger partial charge in [-0.15, -0.1) is 0 Å². The summed E-state index contributed by atoms with van der Waals surface area (Å²) in [4.78, 5) is 22.4. The first kappa shape index (κ1) is 35.3. The lowest BCUT2D eigenvalue weighted by Gasteiger charge is -2.60. The molecule has 6 rings (SSSR count). The number of carbonyl (C=O) groups excluding carboxylic acids is 1. The minimum Gasteiger partial charge on any atom is -0.496 e. The molecule has 5 N–H and O–H groups in total. The van der Waals surface area contributed by atoms with Crippen LogP contribution >= 0.6 is 0 Å². The van der Waals surface area contributed by atoms with Crippen LogP contribution in [0.5, 0.6) is 5.75 Å². The summed E-state index contributed by atoms with van der Waals surface area (Å²) in [5, 5.41) is 15.8. The van der Waals surface area contributed by atoms with Crippen molar-refractivity contribution in [3.8, 4) is 16.9 Å². The van der Waals surface area contributed by atoms with Crippen molar-refractivity contribution in [2.45, 2.75) is 71.0 Å². The molecule has 0 spiro atoms. The minimum absolute atomic E-state index is 0.124.